The van der Waals surface area contributed by atoms with Gasteiger partial charge in [0.15, 0.2) is 0 Å². The number of amides is 1. The monoisotopic (exact) mass is 463 g/mol. The van der Waals surface area contributed by atoms with Gasteiger partial charge in [-0.25, -0.2) is 5.01 Å². The Morgan fingerprint density at radius 3 is 2.44 bits per heavy atom. The molecule has 6 heteroatoms. The van der Waals surface area contributed by atoms with Crippen molar-refractivity contribution in [2.24, 2.45) is 5.10 Å². The molecule has 0 fully saturated rings. The quantitative estimate of drug-likeness (QED) is 0.495. The fourth-order valence-corrected chi connectivity index (χ4v) is 4.87. The number of hydrogen-bond acceptors (Lipinski definition) is 3. The van der Waals surface area contributed by atoms with Crippen molar-refractivity contribution in [1.29, 1.82) is 0 Å². The Bertz CT molecular complexity index is 1180. The summed E-state index contributed by atoms with van der Waals surface area (Å²) in [5.74, 6) is -0.00798. The van der Waals surface area contributed by atoms with Crippen molar-refractivity contribution in [3.8, 4) is 0 Å². The van der Waals surface area contributed by atoms with Crippen LogP contribution in [0.25, 0.3) is 0 Å². The van der Waals surface area contributed by atoms with Crippen LogP contribution in [0.5, 0.6) is 0 Å². The van der Waals surface area contributed by atoms with E-state index in [0.29, 0.717) is 23.0 Å². The molecule has 162 valence electrons. The summed E-state index contributed by atoms with van der Waals surface area (Å²) < 4.78 is 0. The summed E-state index contributed by atoms with van der Waals surface area (Å²) in [5, 5.41) is 7.72. The van der Waals surface area contributed by atoms with Crippen molar-refractivity contribution in [2.45, 2.75) is 25.4 Å². The third-order valence-corrected chi connectivity index (χ3v) is 6.76. The van der Waals surface area contributed by atoms with Crippen LogP contribution < -0.4 is 0 Å². The lowest BCUT2D eigenvalue weighted by Crippen LogP contribution is -2.40. The van der Waals surface area contributed by atoms with E-state index in [9.17, 15) is 4.79 Å². The molecule has 0 radical (unpaired) electrons. The Labute approximate surface area is 198 Å². The number of fused-ring (bicyclic) bond motifs is 1. The van der Waals surface area contributed by atoms with E-state index in [1.807, 2.05) is 48.5 Å². The second kappa shape index (κ2) is 9.07. The van der Waals surface area contributed by atoms with Crippen LogP contribution in [0.4, 0.5) is 0 Å². The highest BCUT2D eigenvalue weighted by Gasteiger charge is 2.34. The number of carbonyl (C=O) groups is 1. The number of hydrogen-bond donors (Lipinski definition) is 0. The maximum absolute atomic E-state index is 13.5. The van der Waals surface area contributed by atoms with E-state index in [1.165, 1.54) is 11.1 Å². The molecule has 0 N–H and O–H groups in total. The van der Waals surface area contributed by atoms with E-state index in [-0.39, 0.29) is 11.9 Å². The van der Waals surface area contributed by atoms with Gasteiger partial charge < -0.3 is 0 Å². The minimum Gasteiger partial charge on any atom is -0.290 e. The molecule has 4 nitrogen and oxygen atoms in total. The first-order valence-electron chi connectivity index (χ1n) is 10.8. The standard InChI is InChI=1S/C26H23Cl2N3O/c27-21-11-9-19(10-12-21)25-15-24(22-7-3-4-8-23(22)28)29-31(25)26(32)17-30-14-13-18-5-1-2-6-20(18)16-30/h1-12,25H,13-17H2/t25-/m0/s1. The minimum absolute atomic E-state index is 0.00798. The summed E-state index contributed by atoms with van der Waals surface area (Å²) in [7, 11) is 0. The molecule has 0 spiro atoms. The Balaban J connectivity index is 1.41. The average Bonchev–Trinajstić information content (AvgIpc) is 3.25. The first kappa shape index (κ1) is 21.2. The average molecular weight is 464 g/mol. The summed E-state index contributed by atoms with van der Waals surface area (Å²) in [6.07, 6.45) is 1.57. The zero-order chi connectivity index (χ0) is 22.1. The second-order valence-electron chi connectivity index (χ2n) is 8.27. The molecule has 3 aromatic rings. The van der Waals surface area contributed by atoms with Gasteiger partial charge in [0.2, 0.25) is 0 Å². The minimum atomic E-state index is -0.178. The van der Waals surface area contributed by atoms with Crippen molar-refractivity contribution in [3.63, 3.8) is 0 Å². The largest absolute Gasteiger partial charge is 0.290 e. The van der Waals surface area contributed by atoms with Gasteiger partial charge in [0.1, 0.15) is 0 Å². The van der Waals surface area contributed by atoms with Crippen molar-refractivity contribution in [2.75, 3.05) is 13.1 Å². The van der Waals surface area contributed by atoms with Gasteiger partial charge in [-0.15, -0.1) is 0 Å². The lowest BCUT2D eigenvalue weighted by atomic mass is 9.98. The van der Waals surface area contributed by atoms with Crippen LogP contribution in [0, 0.1) is 0 Å². The fourth-order valence-electron chi connectivity index (χ4n) is 4.50. The Morgan fingerprint density at radius 2 is 1.66 bits per heavy atom. The zero-order valence-corrected chi connectivity index (χ0v) is 19.1. The molecule has 0 aliphatic carbocycles. The summed E-state index contributed by atoms with van der Waals surface area (Å²) in [6.45, 7) is 1.98. The van der Waals surface area contributed by atoms with Gasteiger partial charge in [-0.2, -0.15) is 5.10 Å². The van der Waals surface area contributed by atoms with Gasteiger partial charge >= 0.3 is 0 Å². The van der Waals surface area contributed by atoms with Crippen LogP contribution in [0.3, 0.4) is 0 Å². The van der Waals surface area contributed by atoms with E-state index < -0.39 is 0 Å². The van der Waals surface area contributed by atoms with E-state index in [1.54, 1.807) is 5.01 Å². The van der Waals surface area contributed by atoms with Gasteiger partial charge in [-0.05, 0) is 41.3 Å². The molecule has 3 aromatic carbocycles. The van der Waals surface area contributed by atoms with E-state index in [2.05, 4.69) is 29.2 Å². The third kappa shape index (κ3) is 4.31. The predicted octanol–water partition coefficient (Wildman–Crippen LogP) is 5.73. The molecule has 2 aliphatic heterocycles. The molecule has 0 saturated carbocycles. The van der Waals surface area contributed by atoms with Crippen molar-refractivity contribution in [1.82, 2.24) is 9.91 Å². The van der Waals surface area contributed by atoms with Crippen LogP contribution >= 0.6 is 23.2 Å². The number of halogens is 2. The highest BCUT2D eigenvalue weighted by atomic mass is 35.5. The second-order valence-corrected chi connectivity index (χ2v) is 9.11. The first-order chi connectivity index (χ1) is 15.6. The molecule has 0 unspecified atom stereocenters. The normalized spacial score (nSPS) is 18.4. The Hall–Kier alpha value is -2.66. The lowest BCUT2D eigenvalue weighted by Gasteiger charge is -2.30. The maximum Gasteiger partial charge on any atom is 0.257 e. The topological polar surface area (TPSA) is 35.9 Å². The Kier molecular flexibility index (Phi) is 6.01. The number of rotatable bonds is 4. The fraction of sp³-hybridized carbons (Fsp3) is 0.231. The van der Waals surface area contributed by atoms with Gasteiger partial charge in [0.25, 0.3) is 5.91 Å². The molecular weight excluding hydrogens is 441 g/mol. The molecule has 2 aliphatic rings. The number of hydrazone groups is 1. The first-order valence-corrected chi connectivity index (χ1v) is 11.5. The van der Waals surface area contributed by atoms with Crippen LogP contribution in [0.2, 0.25) is 10.0 Å². The number of carbonyl (C=O) groups excluding carboxylic acids is 1. The summed E-state index contributed by atoms with van der Waals surface area (Å²) >= 11 is 12.5. The lowest BCUT2D eigenvalue weighted by molar-refractivity contribution is -0.134. The highest BCUT2D eigenvalue weighted by molar-refractivity contribution is 6.34. The number of nitrogens with zero attached hydrogens (tertiary/aromatic N) is 3. The van der Waals surface area contributed by atoms with Crippen molar-refractivity contribution < 1.29 is 4.79 Å². The molecule has 32 heavy (non-hydrogen) atoms. The van der Waals surface area contributed by atoms with Gasteiger partial charge in [0.05, 0.1) is 18.3 Å². The third-order valence-electron chi connectivity index (χ3n) is 6.17. The molecule has 1 atom stereocenters. The van der Waals surface area contributed by atoms with Gasteiger partial charge in [-0.3, -0.25) is 9.69 Å². The van der Waals surface area contributed by atoms with Crippen LogP contribution in [0.15, 0.2) is 77.9 Å². The molecule has 0 aromatic heterocycles. The Morgan fingerprint density at radius 1 is 0.938 bits per heavy atom. The molecule has 1 amide bonds. The molecule has 0 bridgehead atoms. The highest BCUT2D eigenvalue weighted by Crippen LogP contribution is 2.35. The molecular formula is C26H23Cl2N3O. The summed E-state index contributed by atoms with van der Waals surface area (Å²) in [6, 6.07) is 23.6. The zero-order valence-electron chi connectivity index (χ0n) is 17.5. The smallest absolute Gasteiger partial charge is 0.257 e. The maximum atomic E-state index is 13.5. The van der Waals surface area contributed by atoms with E-state index in [4.69, 9.17) is 28.3 Å². The molecule has 5 rings (SSSR count). The molecule has 0 saturated heterocycles. The molecule has 2 heterocycles. The van der Waals surface area contributed by atoms with Crippen molar-refractivity contribution >= 4 is 34.8 Å². The van der Waals surface area contributed by atoms with E-state index >= 15 is 0 Å². The van der Waals surface area contributed by atoms with Crippen LogP contribution in [-0.4, -0.2) is 34.6 Å². The predicted molar refractivity (Wildman–Crippen MR) is 129 cm³/mol. The SMILES string of the molecule is O=C(CN1CCc2ccccc2C1)N1N=C(c2ccccc2Cl)C[C@H]1c1ccc(Cl)cc1. The van der Waals surface area contributed by atoms with Gasteiger partial charge in [0, 0.05) is 35.1 Å². The van der Waals surface area contributed by atoms with Crippen LogP contribution in [0.1, 0.15) is 34.7 Å². The van der Waals surface area contributed by atoms with Crippen molar-refractivity contribution in [3.05, 3.63) is 105 Å². The van der Waals surface area contributed by atoms with Gasteiger partial charge in [-0.1, -0.05) is 77.8 Å². The van der Waals surface area contributed by atoms with Crippen LogP contribution in [-0.2, 0) is 17.8 Å². The summed E-state index contributed by atoms with van der Waals surface area (Å²) in [5.41, 5.74) is 5.37. The van der Waals surface area contributed by atoms with E-state index in [0.717, 1.165) is 36.3 Å². The number of benzene rings is 3. The summed E-state index contributed by atoms with van der Waals surface area (Å²) in [4.78, 5) is 15.7.